The van der Waals surface area contributed by atoms with Crippen LogP contribution in [0.3, 0.4) is 0 Å². The Hall–Kier alpha value is -2.36. The fourth-order valence-electron chi connectivity index (χ4n) is 4.37. The third-order valence-corrected chi connectivity index (χ3v) is 5.95. The van der Waals surface area contributed by atoms with Gasteiger partial charge in [-0.2, -0.15) is 0 Å². The zero-order valence-electron chi connectivity index (χ0n) is 15.7. The Balaban J connectivity index is 1.24. The quantitative estimate of drug-likeness (QED) is 0.797. The lowest BCUT2D eigenvalue weighted by Crippen LogP contribution is -2.41. The molecule has 2 aliphatic heterocycles. The van der Waals surface area contributed by atoms with E-state index in [1.54, 1.807) is 6.07 Å². The Morgan fingerprint density at radius 3 is 2.67 bits per heavy atom. The largest absolute Gasteiger partial charge is 0.371 e. The molecule has 2 aliphatic rings. The molecule has 3 nitrogen and oxygen atoms in total. The number of amides is 1. The summed E-state index contributed by atoms with van der Waals surface area (Å²) in [6, 6.07) is 15.3. The molecule has 4 rings (SSSR count). The number of likely N-dealkylation sites (tertiary alicyclic amines) is 1. The van der Waals surface area contributed by atoms with Crippen molar-refractivity contribution in [3.8, 4) is 0 Å². The van der Waals surface area contributed by atoms with Gasteiger partial charge in [-0.15, -0.1) is 0 Å². The highest BCUT2D eigenvalue weighted by atomic mass is 19.1. The Morgan fingerprint density at radius 1 is 1.04 bits per heavy atom. The maximum atomic E-state index is 13.2. The molecule has 4 heteroatoms. The van der Waals surface area contributed by atoms with Gasteiger partial charge in [-0.3, -0.25) is 4.79 Å². The molecule has 2 aromatic carbocycles. The molecule has 0 spiro atoms. The number of para-hydroxylation sites is 1. The van der Waals surface area contributed by atoms with E-state index in [0.29, 0.717) is 18.8 Å². The van der Waals surface area contributed by atoms with Crippen LogP contribution in [0.1, 0.15) is 30.4 Å². The molecule has 2 heterocycles. The predicted octanol–water partition coefficient (Wildman–Crippen LogP) is 4.06. The van der Waals surface area contributed by atoms with Crippen LogP contribution in [0.5, 0.6) is 0 Å². The third kappa shape index (κ3) is 4.32. The smallest absolute Gasteiger partial charge is 0.222 e. The van der Waals surface area contributed by atoms with Crippen LogP contribution in [0, 0.1) is 11.7 Å². The standard InChI is InChI=1S/C23H27FN2O/c24-21-6-3-4-18(16-21)8-9-23(27)25-13-10-19(11-14-25)17-26-15-12-20-5-1-2-7-22(20)26/h1-7,16,19H,8-15,17H2. The molecule has 1 amide bonds. The third-order valence-electron chi connectivity index (χ3n) is 5.95. The Bertz CT molecular complexity index is 798. The number of carbonyl (C=O) groups excluding carboxylic acids is 1. The maximum Gasteiger partial charge on any atom is 0.222 e. The monoisotopic (exact) mass is 366 g/mol. The van der Waals surface area contributed by atoms with E-state index in [1.165, 1.54) is 23.4 Å². The number of nitrogens with zero attached hydrogens (tertiary/aromatic N) is 2. The van der Waals surface area contributed by atoms with Crippen LogP contribution in [-0.4, -0.2) is 37.0 Å². The van der Waals surface area contributed by atoms with E-state index in [0.717, 1.165) is 51.0 Å². The molecule has 0 aliphatic carbocycles. The van der Waals surface area contributed by atoms with E-state index < -0.39 is 0 Å². The molecule has 142 valence electrons. The molecule has 0 bridgehead atoms. The van der Waals surface area contributed by atoms with Gasteiger partial charge >= 0.3 is 0 Å². The summed E-state index contributed by atoms with van der Waals surface area (Å²) in [6.07, 6.45) is 4.37. The average Bonchev–Trinajstić information content (AvgIpc) is 3.10. The molecule has 2 aromatic rings. The van der Waals surface area contributed by atoms with Crippen molar-refractivity contribution in [1.82, 2.24) is 4.90 Å². The van der Waals surface area contributed by atoms with E-state index in [-0.39, 0.29) is 11.7 Å². The van der Waals surface area contributed by atoms with E-state index in [9.17, 15) is 9.18 Å². The highest BCUT2D eigenvalue weighted by Gasteiger charge is 2.26. The highest BCUT2D eigenvalue weighted by Crippen LogP contribution is 2.30. The average molecular weight is 366 g/mol. The molecule has 0 N–H and O–H groups in total. The first-order valence-electron chi connectivity index (χ1n) is 10.0. The van der Waals surface area contributed by atoms with Crippen molar-refractivity contribution in [3.05, 3.63) is 65.5 Å². The molecule has 0 radical (unpaired) electrons. The van der Waals surface area contributed by atoms with Gasteiger partial charge in [0.05, 0.1) is 0 Å². The summed E-state index contributed by atoms with van der Waals surface area (Å²) in [5.41, 5.74) is 3.75. The number of fused-ring (bicyclic) bond motifs is 1. The molecule has 0 aromatic heterocycles. The molecule has 27 heavy (non-hydrogen) atoms. The number of hydrogen-bond donors (Lipinski definition) is 0. The predicted molar refractivity (Wildman–Crippen MR) is 106 cm³/mol. The van der Waals surface area contributed by atoms with Gasteiger partial charge in [0, 0.05) is 38.3 Å². The van der Waals surface area contributed by atoms with Crippen molar-refractivity contribution in [3.63, 3.8) is 0 Å². The normalized spacial score (nSPS) is 17.2. The number of anilines is 1. The fourth-order valence-corrected chi connectivity index (χ4v) is 4.37. The second kappa shape index (κ2) is 8.12. The summed E-state index contributed by atoms with van der Waals surface area (Å²) in [6.45, 7) is 3.92. The van der Waals surface area contributed by atoms with Crippen molar-refractivity contribution in [1.29, 1.82) is 0 Å². The number of rotatable bonds is 5. The van der Waals surface area contributed by atoms with Crippen LogP contribution in [0.2, 0.25) is 0 Å². The van der Waals surface area contributed by atoms with Crippen LogP contribution in [0.15, 0.2) is 48.5 Å². The lowest BCUT2D eigenvalue weighted by atomic mass is 9.95. The van der Waals surface area contributed by atoms with Gasteiger partial charge in [0.1, 0.15) is 5.82 Å². The summed E-state index contributed by atoms with van der Waals surface area (Å²) >= 11 is 0. The highest BCUT2D eigenvalue weighted by molar-refractivity contribution is 5.76. The van der Waals surface area contributed by atoms with Crippen molar-refractivity contribution < 1.29 is 9.18 Å². The van der Waals surface area contributed by atoms with Gasteiger partial charge in [-0.05, 0) is 60.9 Å². The zero-order chi connectivity index (χ0) is 18.6. The minimum absolute atomic E-state index is 0.198. The SMILES string of the molecule is O=C(CCc1cccc(F)c1)N1CCC(CN2CCc3ccccc32)CC1. The number of halogens is 1. The Morgan fingerprint density at radius 2 is 1.85 bits per heavy atom. The van der Waals surface area contributed by atoms with Gasteiger partial charge < -0.3 is 9.80 Å². The van der Waals surface area contributed by atoms with Crippen molar-refractivity contribution >= 4 is 11.6 Å². The van der Waals surface area contributed by atoms with E-state index in [2.05, 4.69) is 29.2 Å². The molecular formula is C23H27FN2O. The van der Waals surface area contributed by atoms with Crippen LogP contribution >= 0.6 is 0 Å². The summed E-state index contributed by atoms with van der Waals surface area (Å²) in [7, 11) is 0. The van der Waals surface area contributed by atoms with Crippen LogP contribution in [0.25, 0.3) is 0 Å². The van der Waals surface area contributed by atoms with E-state index >= 15 is 0 Å². The lowest BCUT2D eigenvalue weighted by Gasteiger charge is -2.34. The first-order valence-corrected chi connectivity index (χ1v) is 10.0. The second-order valence-corrected chi connectivity index (χ2v) is 7.78. The molecule has 0 unspecified atom stereocenters. The van der Waals surface area contributed by atoms with E-state index in [4.69, 9.17) is 0 Å². The Labute approximate surface area is 160 Å². The van der Waals surface area contributed by atoms with Crippen LogP contribution in [0.4, 0.5) is 10.1 Å². The maximum absolute atomic E-state index is 13.2. The molecule has 1 fully saturated rings. The van der Waals surface area contributed by atoms with Gasteiger partial charge in [-0.1, -0.05) is 30.3 Å². The number of carbonyl (C=O) groups is 1. The minimum Gasteiger partial charge on any atom is -0.371 e. The summed E-state index contributed by atoms with van der Waals surface area (Å²) in [4.78, 5) is 17.0. The van der Waals surface area contributed by atoms with Gasteiger partial charge in [-0.25, -0.2) is 4.39 Å². The van der Waals surface area contributed by atoms with Gasteiger partial charge in [0.25, 0.3) is 0 Å². The number of aryl methyl sites for hydroxylation is 1. The topological polar surface area (TPSA) is 23.6 Å². The summed E-state index contributed by atoms with van der Waals surface area (Å²) in [5, 5.41) is 0. The first-order chi connectivity index (χ1) is 13.2. The fraction of sp³-hybridized carbons (Fsp3) is 0.435. The number of hydrogen-bond acceptors (Lipinski definition) is 2. The zero-order valence-corrected chi connectivity index (χ0v) is 15.7. The van der Waals surface area contributed by atoms with Gasteiger partial charge in [0.2, 0.25) is 5.91 Å². The lowest BCUT2D eigenvalue weighted by molar-refractivity contribution is -0.132. The van der Waals surface area contributed by atoms with Crippen molar-refractivity contribution in [2.75, 3.05) is 31.1 Å². The van der Waals surface area contributed by atoms with Crippen molar-refractivity contribution in [2.45, 2.75) is 32.1 Å². The Kier molecular flexibility index (Phi) is 5.42. The number of piperidine rings is 1. The molecule has 0 saturated carbocycles. The molecular weight excluding hydrogens is 339 g/mol. The second-order valence-electron chi connectivity index (χ2n) is 7.78. The summed E-state index contributed by atoms with van der Waals surface area (Å²) < 4.78 is 13.2. The van der Waals surface area contributed by atoms with Crippen LogP contribution in [-0.2, 0) is 17.6 Å². The molecule has 1 saturated heterocycles. The molecule has 0 atom stereocenters. The van der Waals surface area contributed by atoms with Gasteiger partial charge in [0.15, 0.2) is 0 Å². The number of benzene rings is 2. The van der Waals surface area contributed by atoms with Crippen LogP contribution < -0.4 is 4.90 Å². The van der Waals surface area contributed by atoms with E-state index in [1.807, 2.05) is 11.0 Å². The summed E-state index contributed by atoms with van der Waals surface area (Å²) in [5.74, 6) is 0.622. The first kappa shape index (κ1) is 18.0. The van der Waals surface area contributed by atoms with Crippen molar-refractivity contribution in [2.24, 2.45) is 5.92 Å². The minimum atomic E-state index is -0.232.